The summed E-state index contributed by atoms with van der Waals surface area (Å²) in [4.78, 5) is 22.8. The molecule has 15 heavy (non-hydrogen) atoms. The summed E-state index contributed by atoms with van der Waals surface area (Å²) < 4.78 is 2.25. The van der Waals surface area contributed by atoms with Crippen LogP contribution in [0.1, 0.15) is 0 Å². The van der Waals surface area contributed by atoms with Gasteiger partial charge in [0.15, 0.2) is 0 Å². The average molecular weight is 223 g/mol. The average Bonchev–Trinajstić information content (AvgIpc) is 2.70. The summed E-state index contributed by atoms with van der Waals surface area (Å²) in [6, 6.07) is 3.56. The van der Waals surface area contributed by atoms with E-state index >= 15 is 0 Å². The molecule has 5 nitrogen and oxygen atoms in total. The highest BCUT2D eigenvalue weighted by molar-refractivity contribution is 7.17. The fourth-order valence-corrected chi connectivity index (χ4v) is 2.10. The molecule has 0 aliphatic heterocycles. The number of aromatic nitrogens is 1. The van der Waals surface area contributed by atoms with E-state index in [1.165, 1.54) is 15.9 Å². The lowest BCUT2D eigenvalue weighted by atomic mass is 10.3. The van der Waals surface area contributed by atoms with E-state index in [-0.39, 0.29) is 12.1 Å². The highest BCUT2D eigenvalue weighted by atomic mass is 32.1. The number of hydrogen-bond acceptors (Lipinski definition) is 4. The number of hydrazine groups is 1. The summed E-state index contributed by atoms with van der Waals surface area (Å²) in [6.07, 6.45) is 1.59. The topological polar surface area (TPSA) is 77.1 Å². The Morgan fingerprint density at radius 3 is 3.07 bits per heavy atom. The van der Waals surface area contributed by atoms with Gasteiger partial charge >= 0.3 is 0 Å². The molecule has 0 aliphatic rings. The number of nitrogens with one attached hydrogen (secondary N) is 1. The summed E-state index contributed by atoms with van der Waals surface area (Å²) in [7, 11) is 0. The van der Waals surface area contributed by atoms with Crippen LogP contribution in [0, 0.1) is 0 Å². The molecule has 0 fully saturated rings. The van der Waals surface area contributed by atoms with Gasteiger partial charge in [0.1, 0.15) is 6.54 Å². The standard InChI is InChI=1S/C9H9N3O2S/c10-11-8(13)5-12-3-1-7-6(9(12)14)2-4-15-7/h1-4H,5,10H2,(H,11,13). The highest BCUT2D eigenvalue weighted by Gasteiger charge is 2.06. The molecular formula is C9H9N3O2S. The summed E-state index contributed by atoms with van der Waals surface area (Å²) in [6.45, 7) is -0.0544. The Kier molecular flexibility index (Phi) is 2.53. The minimum atomic E-state index is -0.397. The molecule has 0 aromatic carbocycles. The van der Waals surface area contributed by atoms with Crippen molar-refractivity contribution in [3.63, 3.8) is 0 Å². The largest absolute Gasteiger partial charge is 0.305 e. The van der Waals surface area contributed by atoms with Gasteiger partial charge in [0.05, 0.1) is 5.39 Å². The molecular weight excluding hydrogens is 214 g/mol. The fraction of sp³-hybridized carbons (Fsp3) is 0.111. The van der Waals surface area contributed by atoms with Crippen LogP contribution in [-0.2, 0) is 11.3 Å². The third-order valence-corrected chi connectivity index (χ3v) is 2.95. The van der Waals surface area contributed by atoms with Crippen LogP contribution in [0.4, 0.5) is 0 Å². The maximum atomic E-state index is 11.8. The molecule has 0 spiro atoms. The first-order chi connectivity index (χ1) is 7.22. The van der Waals surface area contributed by atoms with E-state index in [1.54, 1.807) is 12.3 Å². The molecule has 0 saturated carbocycles. The quantitative estimate of drug-likeness (QED) is 0.429. The summed E-state index contributed by atoms with van der Waals surface area (Å²) >= 11 is 1.50. The Morgan fingerprint density at radius 2 is 2.33 bits per heavy atom. The van der Waals surface area contributed by atoms with Crippen molar-refractivity contribution in [1.29, 1.82) is 0 Å². The van der Waals surface area contributed by atoms with Crippen molar-refractivity contribution in [2.45, 2.75) is 6.54 Å². The predicted molar refractivity (Wildman–Crippen MR) is 58.4 cm³/mol. The van der Waals surface area contributed by atoms with Crippen molar-refractivity contribution in [3.8, 4) is 0 Å². The van der Waals surface area contributed by atoms with Crippen molar-refractivity contribution in [2.75, 3.05) is 0 Å². The second-order valence-corrected chi connectivity index (χ2v) is 3.96. The number of nitrogens with two attached hydrogens (primary N) is 1. The van der Waals surface area contributed by atoms with Crippen molar-refractivity contribution in [3.05, 3.63) is 34.1 Å². The Morgan fingerprint density at radius 1 is 1.53 bits per heavy atom. The lowest BCUT2D eigenvalue weighted by Crippen LogP contribution is -2.36. The highest BCUT2D eigenvalue weighted by Crippen LogP contribution is 2.15. The van der Waals surface area contributed by atoms with Crippen LogP contribution < -0.4 is 16.8 Å². The van der Waals surface area contributed by atoms with E-state index in [2.05, 4.69) is 0 Å². The van der Waals surface area contributed by atoms with Gasteiger partial charge < -0.3 is 4.57 Å². The number of thiophene rings is 1. The second-order valence-electron chi connectivity index (χ2n) is 3.01. The van der Waals surface area contributed by atoms with Gasteiger partial charge in [0.2, 0.25) is 0 Å². The van der Waals surface area contributed by atoms with Crippen LogP contribution in [0.3, 0.4) is 0 Å². The van der Waals surface area contributed by atoms with Gasteiger partial charge in [0, 0.05) is 10.9 Å². The Bertz CT molecular complexity index is 558. The van der Waals surface area contributed by atoms with E-state index in [0.29, 0.717) is 5.39 Å². The summed E-state index contributed by atoms with van der Waals surface area (Å²) in [5.41, 5.74) is 1.82. The van der Waals surface area contributed by atoms with Gasteiger partial charge in [-0.15, -0.1) is 11.3 Å². The van der Waals surface area contributed by atoms with Crippen molar-refractivity contribution >= 4 is 27.3 Å². The molecule has 78 valence electrons. The minimum Gasteiger partial charge on any atom is -0.305 e. The van der Waals surface area contributed by atoms with Crippen LogP contribution in [0.25, 0.3) is 10.1 Å². The zero-order chi connectivity index (χ0) is 10.8. The van der Waals surface area contributed by atoms with Crippen molar-refractivity contribution < 1.29 is 4.79 Å². The van der Waals surface area contributed by atoms with E-state index in [4.69, 9.17) is 5.84 Å². The van der Waals surface area contributed by atoms with Crippen molar-refractivity contribution in [2.24, 2.45) is 5.84 Å². The first-order valence-corrected chi connectivity index (χ1v) is 5.16. The summed E-state index contributed by atoms with van der Waals surface area (Å²) in [5, 5.41) is 2.48. The Labute approximate surface area is 89.1 Å². The smallest absolute Gasteiger partial charge is 0.259 e. The third kappa shape index (κ3) is 1.77. The van der Waals surface area contributed by atoms with E-state index in [1.807, 2.05) is 16.9 Å². The number of rotatable bonds is 2. The number of amides is 1. The SMILES string of the molecule is NNC(=O)Cn1ccc2sccc2c1=O. The van der Waals surface area contributed by atoms with Gasteiger partial charge in [-0.25, -0.2) is 5.84 Å². The molecule has 2 heterocycles. The number of pyridine rings is 1. The summed E-state index contributed by atoms with van der Waals surface area (Å²) in [5.74, 6) is 4.55. The zero-order valence-corrected chi connectivity index (χ0v) is 8.58. The second kappa shape index (κ2) is 3.84. The molecule has 2 aromatic rings. The fourth-order valence-electron chi connectivity index (χ4n) is 1.33. The molecule has 2 rings (SSSR count). The molecule has 1 amide bonds. The maximum absolute atomic E-state index is 11.8. The minimum absolute atomic E-state index is 0.0544. The molecule has 0 bridgehead atoms. The third-order valence-electron chi connectivity index (χ3n) is 2.07. The molecule has 2 aromatic heterocycles. The normalized spacial score (nSPS) is 10.5. The Hall–Kier alpha value is -1.66. The van der Waals surface area contributed by atoms with Crippen LogP contribution >= 0.6 is 11.3 Å². The molecule has 0 radical (unpaired) electrons. The molecule has 0 atom stereocenters. The first kappa shape index (κ1) is 9.88. The molecule has 0 aliphatic carbocycles. The van der Waals surface area contributed by atoms with Gasteiger partial charge in [-0.3, -0.25) is 15.0 Å². The lowest BCUT2D eigenvalue weighted by molar-refractivity contribution is -0.121. The van der Waals surface area contributed by atoms with Crippen LogP contribution in [0.5, 0.6) is 0 Å². The van der Waals surface area contributed by atoms with E-state index < -0.39 is 5.91 Å². The van der Waals surface area contributed by atoms with Crippen LogP contribution in [0.2, 0.25) is 0 Å². The number of hydrogen-bond donors (Lipinski definition) is 2. The van der Waals surface area contributed by atoms with Crippen LogP contribution in [0.15, 0.2) is 28.5 Å². The molecule has 0 saturated heterocycles. The van der Waals surface area contributed by atoms with Gasteiger partial charge in [-0.1, -0.05) is 0 Å². The molecule has 3 N–H and O–H groups in total. The number of carbonyl (C=O) groups is 1. The lowest BCUT2D eigenvalue weighted by Gasteiger charge is -2.03. The molecule has 0 unspecified atom stereocenters. The number of nitrogens with zero attached hydrogens (tertiary/aromatic N) is 1. The van der Waals surface area contributed by atoms with Crippen LogP contribution in [-0.4, -0.2) is 10.5 Å². The van der Waals surface area contributed by atoms with Gasteiger partial charge in [-0.2, -0.15) is 0 Å². The van der Waals surface area contributed by atoms with E-state index in [9.17, 15) is 9.59 Å². The first-order valence-electron chi connectivity index (χ1n) is 4.28. The van der Waals surface area contributed by atoms with Crippen molar-refractivity contribution in [1.82, 2.24) is 9.99 Å². The number of fused-ring (bicyclic) bond motifs is 1. The predicted octanol–water partition coefficient (Wildman–Crippen LogP) is 0.0529. The van der Waals surface area contributed by atoms with Gasteiger partial charge in [0.25, 0.3) is 11.5 Å². The van der Waals surface area contributed by atoms with E-state index in [0.717, 1.165) is 4.70 Å². The van der Waals surface area contributed by atoms with Gasteiger partial charge in [-0.05, 0) is 17.5 Å². The zero-order valence-electron chi connectivity index (χ0n) is 7.77. The Balaban J connectivity index is 2.48. The molecule has 6 heteroatoms. The number of carbonyl (C=O) groups excluding carboxylic acids is 1. The monoisotopic (exact) mass is 223 g/mol. The maximum Gasteiger partial charge on any atom is 0.259 e.